The second kappa shape index (κ2) is 11.8. The van der Waals surface area contributed by atoms with Crippen LogP contribution in [0.25, 0.3) is 0 Å². The molecule has 0 aliphatic rings. The van der Waals surface area contributed by atoms with Crippen molar-refractivity contribution in [2.75, 3.05) is 25.0 Å². The van der Waals surface area contributed by atoms with Gasteiger partial charge in [-0.3, -0.25) is 4.79 Å². The quantitative estimate of drug-likeness (QED) is 0.371. The molecule has 1 amide bonds. The Morgan fingerprint density at radius 2 is 2.17 bits per heavy atom. The number of carbonyl (C=O) groups is 2. The lowest BCUT2D eigenvalue weighted by molar-refractivity contribution is -0.124. The minimum absolute atomic E-state index is 0.0430. The van der Waals surface area contributed by atoms with Gasteiger partial charge in [-0.25, -0.2) is 9.78 Å². The van der Waals surface area contributed by atoms with Crippen LogP contribution in [0.1, 0.15) is 41.7 Å². The second-order valence-electron chi connectivity index (χ2n) is 6.24. The van der Waals surface area contributed by atoms with E-state index >= 15 is 0 Å². The van der Waals surface area contributed by atoms with E-state index in [1.165, 1.54) is 11.3 Å². The highest BCUT2D eigenvalue weighted by molar-refractivity contribution is 7.13. The number of rotatable bonds is 11. The zero-order chi connectivity index (χ0) is 21.2. The standard InChI is InChI=1S/C20H23Cl2N3O3S/c1-3-5-13(15-7-6-14(21)9-16(15)22)10-24-18(26)11-28-19(27)17-12-29-20(25-17)23-8-4-2/h4,6-7,9,12-13H,2-3,5,8,10-11H2,1H3,(H,23,25)(H,24,26). The highest BCUT2D eigenvalue weighted by Gasteiger charge is 2.17. The molecule has 9 heteroatoms. The summed E-state index contributed by atoms with van der Waals surface area (Å²) in [5.74, 6) is -0.986. The summed E-state index contributed by atoms with van der Waals surface area (Å²) in [6.45, 7) is 6.22. The number of nitrogens with zero attached hydrogens (tertiary/aromatic N) is 1. The number of carbonyl (C=O) groups excluding carboxylic acids is 2. The SMILES string of the molecule is C=CCNc1nc(C(=O)OCC(=O)NCC(CCC)c2ccc(Cl)cc2Cl)cs1. The summed E-state index contributed by atoms with van der Waals surface area (Å²) < 4.78 is 5.05. The van der Waals surface area contributed by atoms with Gasteiger partial charge in [0.05, 0.1) is 0 Å². The van der Waals surface area contributed by atoms with E-state index in [1.54, 1.807) is 23.6 Å². The van der Waals surface area contributed by atoms with Crippen LogP contribution in [0.5, 0.6) is 0 Å². The van der Waals surface area contributed by atoms with Crippen molar-refractivity contribution >= 4 is 51.5 Å². The minimum Gasteiger partial charge on any atom is -0.451 e. The minimum atomic E-state index is -0.645. The number of esters is 1. The van der Waals surface area contributed by atoms with Gasteiger partial charge >= 0.3 is 5.97 Å². The van der Waals surface area contributed by atoms with Crippen LogP contribution < -0.4 is 10.6 Å². The van der Waals surface area contributed by atoms with E-state index in [0.29, 0.717) is 28.3 Å². The van der Waals surface area contributed by atoms with Crippen LogP contribution in [0.2, 0.25) is 10.0 Å². The Balaban J connectivity index is 1.84. The van der Waals surface area contributed by atoms with Gasteiger partial charge in [0.2, 0.25) is 0 Å². The number of halogens is 2. The van der Waals surface area contributed by atoms with Crippen molar-refractivity contribution in [2.24, 2.45) is 0 Å². The first kappa shape index (κ1) is 23.2. The van der Waals surface area contributed by atoms with Gasteiger partial charge in [0.1, 0.15) is 0 Å². The maximum Gasteiger partial charge on any atom is 0.358 e. The maximum absolute atomic E-state index is 12.1. The Hall–Kier alpha value is -2.09. The topological polar surface area (TPSA) is 80.3 Å². The van der Waals surface area contributed by atoms with E-state index in [2.05, 4.69) is 29.1 Å². The Morgan fingerprint density at radius 3 is 2.86 bits per heavy atom. The monoisotopic (exact) mass is 455 g/mol. The predicted molar refractivity (Wildman–Crippen MR) is 118 cm³/mol. The van der Waals surface area contributed by atoms with Crippen LogP contribution in [-0.2, 0) is 9.53 Å². The van der Waals surface area contributed by atoms with Gasteiger partial charge in [-0.05, 0) is 24.1 Å². The van der Waals surface area contributed by atoms with Crippen molar-refractivity contribution in [1.29, 1.82) is 0 Å². The van der Waals surface area contributed by atoms with E-state index in [9.17, 15) is 9.59 Å². The smallest absolute Gasteiger partial charge is 0.358 e. The summed E-state index contributed by atoms with van der Waals surface area (Å²) in [4.78, 5) is 28.3. The number of amides is 1. The second-order valence-corrected chi connectivity index (χ2v) is 7.94. The summed E-state index contributed by atoms with van der Waals surface area (Å²) in [6, 6.07) is 5.34. The average molecular weight is 456 g/mol. The summed E-state index contributed by atoms with van der Waals surface area (Å²) in [6.07, 6.45) is 3.47. The number of nitrogens with one attached hydrogen (secondary N) is 2. The fraction of sp³-hybridized carbons (Fsp3) is 0.350. The number of thiazole rings is 1. The van der Waals surface area contributed by atoms with Gasteiger partial charge in [-0.1, -0.05) is 48.7 Å². The van der Waals surface area contributed by atoms with Gasteiger partial charge in [0.15, 0.2) is 17.4 Å². The van der Waals surface area contributed by atoms with Crippen molar-refractivity contribution in [3.8, 4) is 0 Å². The molecule has 0 radical (unpaired) electrons. The number of aromatic nitrogens is 1. The van der Waals surface area contributed by atoms with Crippen molar-refractivity contribution in [2.45, 2.75) is 25.7 Å². The number of hydrogen-bond donors (Lipinski definition) is 2. The van der Waals surface area contributed by atoms with Crippen molar-refractivity contribution in [3.63, 3.8) is 0 Å². The summed E-state index contributed by atoms with van der Waals surface area (Å²) >= 11 is 13.5. The molecule has 2 aromatic rings. The van der Waals surface area contributed by atoms with Gasteiger partial charge < -0.3 is 15.4 Å². The number of anilines is 1. The van der Waals surface area contributed by atoms with E-state index < -0.39 is 5.97 Å². The molecule has 156 valence electrons. The van der Waals surface area contributed by atoms with Crippen molar-refractivity contribution < 1.29 is 14.3 Å². The van der Waals surface area contributed by atoms with E-state index in [0.717, 1.165) is 18.4 Å². The Labute approximate surface area is 184 Å². The van der Waals surface area contributed by atoms with Gasteiger partial charge in [-0.15, -0.1) is 17.9 Å². The van der Waals surface area contributed by atoms with Crippen LogP contribution in [0.3, 0.4) is 0 Å². The molecule has 0 saturated heterocycles. The first-order valence-electron chi connectivity index (χ1n) is 9.13. The van der Waals surface area contributed by atoms with Gasteiger partial charge in [0.25, 0.3) is 5.91 Å². The molecule has 2 rings (SSSR count). The molecule has 1 aromatic heterocycles. The lowest BCUT2D eigenvalue weighted by atomic mass is 9.94. The Kier molecular flexibility index (Phi) is 9.44. The molecule has 29 heavy (non-hydrogen) atoms. The fourth-order valence-electron chi connectivity index (χ4n) is 2.65. The summed E-state index contributed by atoms with van der Waals surface area (Å²) in [5, 5.41) is 9.08. The fourth-order valence-corrected chi connectivity index (χ4v) is 3.90. The third kappa shape index (κ3) is 7.34. The van der Waals surface area contributed by atoms with Crippen molar-refractivity contribution in [1.82, 2.24) is 10.3 Å². The first-order valence-corrected chi connectivity index (χ1v) is 10.8. The van der Waals surface area contributed by atoms with E-state index in [1.807, 2.05) is 6.07 Å². The molecular weight excluding hydrogens is 433 g/mol. The van der Waals surface area contributed by atoms with Crippen molar-refractivity contribution in [3.05, 3.63) is 57.5 Å². The molecule has 1 aromatic carbocycles. The number of hydrogen-bond acceptors (Lipinski definition) is 6. The number of benzene rings is 1. The zero-order valence-corrected chi connectivity index (χ0v) is 18.4. The first-order chi connectivity index (χ1) is 13.9. The molecule has 1 heterocycles. The van der Waals surface area contributed by atoms with E-state index in [4.69, 9.17) is 27.9 Å². The molecule has 0 spiro atoms. The van der Waals surface area contributed by atoms with Crippen LogP contribution in [0.4, 0.5) is 5.13 Å². The average Bonchev–Trinajstić information content (AvgIpc) is 3.17. The third-order valence-corrected chi connectivity index (χ3v) is 5.39. The highest BCUT2D eigenvalue weighted by atomic mass is 35.5. The molecule has 2 N–H and O–H groups in total. The maximum atomic E-state index is 12.1. The molecule has 1 unspecified atom stereocenters. The molecule has 0 fully saturated rings. The molecule has 0 bridgehead atoms. The number of ether oxygens (including phenoxy) is 1. The highest BCUT2D eigenvalue weighted by Crippen LogP contribution is 2.30. The van der Waals surface area contributed by atoms with E-state index in [-0.39, 0.29) is 24.1 Å². The lowest BCUT2D eigenvalue weighted by Gasteiger charge is -2.19. The molecular formula is C20H23Cl2N3O3S. The molecule has 0 aliphatic heterocycles. The summed E-state index contributed by atoms with van der Waals surface area (Å²) in [7, 11) is 0. The molecule has 0 aliphatic carbocycles. The zero-order valence-electron chi connectivity index (χ0n) is 16.0. The van der Waals surface area contributed by atoms with Crippen LogP contribution in [0.15, 0.2) is 36.2 Å². The molecule has 0 saturated carbocycles. The van der Waals surface area contributed by atoms with Gasteiger partial charge in [0, 0.05) is 34.4 Å². The van der Waals surface area contributed by atoms with Crippen LogP contribution in [-0.4, -0.2) is 36.6 Å². The molecule has 6 nitrogen and oxygen atoms in total. The third-order valence-electron chi connectivity index (χ3n) is 4.03. The Bertz CT molecular complexity index is 857. The molecule has 1 atom stereocenters. The summed E-state index contributed by atoms with van der Waals surface area (Å²) in [5.41, 5.74) is 1.09. The Morgan fingerprint density at radius 1 is 1.38 bits per heavy atom. The lowest BCUT2D eigenvalue weighted by Crippen LogP contribution is -2.32. The normalized spacial score (nSPS) is 11.6. The van der Waals surface area contributed by atoms with Crippen LogP contribution >= 0.6 is 34.5 Å². The largest absolute Gasteiger partial charge is 0.451 e. The van der Waals surface area contributed by atoms with Crippen LogP contribution in [0, 0.1) is 0 Å². The predicted octanol–water partition coefficient (Wildman–Crippen LogP) is 4.90. The van der Waals surface area contributed by atoms with Gasteiger partial charge in [-0.2, -0.15) is 0 Å².